The van der Waals surface area contributed by atoms with Crippen molar-refractivity contribution in [1.29, 1.82) is 0 Å². The van der Waals surface area contributed by atoms with Crippen LogP contribution in [-0.2, 0) is 6.54 Å². The molecule has 0 saturated heterocycles. The maximum absolute atomic E-state index is 5.24. The molecule has 0 spiro atoms. The van der Waals surface area contributed by atoms with E-state index in [-0.39, 0.29) is 0 Å². The van der Waals surface area contributed by atoms with Crippen molar-refractivity contribution < 1.29 is 0 Å². The highest BCUT2D eigenvalue weighted by molar-refractivity contribution is 7.80. The maximum Gasteiger partial charge on any atom is 0.168 e. The summed E-state index contributed by atoms with van der Waals surface area (Å²) < 4.78 is 0. The van der Waals surface area contributed by atoms with Crippen LogP contribution in [0.5, 0.6) is 0 Å². The molecule has 0 aliphatic rings. The average Bonchev–Trinajstić information content (AvgIpc) is 2.27. The van der Waals surface area contributed by atoms with Crippen LogP contribution in [-0.4, -0.2) is 28.6 Å². The van der Waals surface area contributed by atoms with E-state index in [2.05, 4.69) is 17.2 Å². The van der Waals surface area contributed by atoms with Gasteiger partial charge in [-0.15, -0.1) is 0 Å². The van der Waals surface area contributed by atoms with Crippen molar-refractivity contribution in [1.82, 2.24) is 15.2 Å². The maximum atomic E-state index is 5.24. The van der Waals surface area contributed by atoms with Crippen molar-refractivity contribution >= 4 is 17.3 Å². The Morgan fingerprint density at radius 3 is 2.73 bits per heavy atom. The molecule has 0 radical (unpaired) electrons. The Balaban J connectivity index is 2.41. The molecule has 0 aromatic carbocycles. The number of rotatable bonds is 4. The normalized spacial score (nSPS) is 9.73. The minimum Gasteiger partial charge on any atom is -0.363 e. The van der Waals surface area contributed by atoms with Crippen molar-refractivity contribution in [2.75, 3.05) is 13.6 Å². The molecule has 4 heteroatoms. The minimum absolute atomic E-state index is 0.800. The largest absolute Gasteiger partial charge is 0.363 e. The first-order valence-electron chi connectivity index (χ1n) is 5.12. The fourth-order valence-corrected chi connectivity index (χ4v) is 1.37. The summed E-state index contributed by atoms with van der Waals surface area (Å²) in [6, 6.07) is 4.00. The van der Waals surface area contributed by atoms with Crippen LogP contribution < -0.4 is 5.32 Å². The van der Waals surface area contributed by atoms with Crippen molar-refractivity contribution in [3.8, 4) is 0 Å². The summed E-state index contributed by atoms with van der Waals surface area (Å²) >= 11 is 5.24. The molecular weight excluding hydrogens is 206 g/mol. The van der Waals surface area contributed by atoms with E-state index in [4.69, 9.17) is 12.2 Å². The van der Waals surface area contributed by atoms with E-state index >= 15 is 0 Å². The first-order valence-corrected chi connectivity index (χ1v) is 5.52. The predicted molar refractivity (Wildman–Crippen MR) is 66.6 cm³/mol. The van der Waals surface area contributed by atoms with Crippen LogP contribution in [0.2, 0.25) is 0 Å². The lowest BCUT2D eigenvalue weighted by molar-refractivity contribution is 0.488. The SMILES string of the molecule is CCCNC(=S)N(C)Cc1ccncc1. The monoisotopic (exact) mass is 223 g/mol. The van der Waals surface area contributed by atoms with Gasteiger partial charge in [0, 0.05) is 32.5 Å². The summed E-state index contributed by atoms with van der Waals surface area (Å²) in [7, 11) is 1.99. The first-order chi connectivity index (χ1) is 7.24. The lowest BCUT2D eigenvalue weighted by atomic mass is 10.2. The van der Waals surface area contributed by atoms with Gasteiger partial charge in [0.2, 0.25) is 0 Å². The van der Waals surface area contributed by atoms with Gasteiger partial charge in [-0.25, -0.2) is 0 Å². The standard InChI is InChI=1S/C11H17N3S/c1-3-6-13-11(15)14(2)9-10-4-7-12-8-5-10/h4-5,7-8H,3,6,9H2,1-2H3,(H,13,15). The second kappa shape index (κ2) is 6.35. The van der Waals surface area contributed by atoms with Gasteiger partial charge in [-0.3, -0.25) is 4.98 Å². The number of hydrogen-bond donors (Lipinski definition) is 1. The smallest absolute Gasteiger partial charge is 0.168 e. The first kappa shape index (κ1) is 11.9. The van der Waals surface area contributed by atoms with Crippen LogP contribution in [0.15, 0.2) is 24.5 Å². The summed E-state index contributed by atoms with van der Waals surface area (Å²) in [5.74, 6) is 0. The quantitative estimate of drug-likeness (QED) is 0.788. The Morgan fingerprint density at radius 1 is 1.47 bits per heavy atom. The van der Waals surface area contributed by atoms with E-state index in [1.54, 1.807) is 12.4 Å². The molecule has 15 heavy (non-hydrogen) atoms. The van der Waals surface area contributed by atoms with E-state index in [1.807, 2.05) is 24.1 Å². The molecule has 0 aliphatic heterocycles. The molecule has 1 N–H and O–H groups in total. The molecule has 0 saturated carbocycles. The van der Waals surface area contributed by atoms with Crippen LogP contribution >= 0.6 is 12.2 Å². The number of nitrogens with one attached hydrogen (secondary N) is 1. The Bertz CT molecular complexity index is 300. The van der Waals surface area contributed by atoms with Gasteiger partial charge in [0.1, 0.15) is 0 Å². The molecule has 0 fully saturated rings. The molecule has 0 unspecified atom stereocenters. The van der Waals surface area contributed by atoms with Gasteiger partial charge in [0.25, 0.3) is 0 Å². The van der Waals surface area contributed by atoms with Gasteiger partial charge in [0.15, 0.2) is 5.11 Å². The van der Waals surface area contributed by atoms with Crippen LogP contribution in [0.4, 0.5) is 0 Å². The van der Waals surface area contributed by atoms with E-state index in [1.165, 1.54) is 5.56 Å². The zero-order valence-corrected chi connectivity index (χ0v) is 10.0. The third-order valence-electron chi connectivity index (χ3n) is 2.04. The molecule has 3 nitrogen and oxygen atoms in total. The Labute approximate surface area is 96.5 Å². The van der Waals surface area contributed by atoms with Gasteiger partial charge in [0.05, 0.1) is 0 Å². The molecule has 82 valence electrons. The summed E-state index contributed by atoms with van der Waals surface area (Å²) in [5, 5.41) is 3.99. The lowest BCUT2D eigenvalue weighted by Crippen LogP contribution is -2.36. The molecule has 1 aromatic heterocycles. The highest BCUT2D eigenvalue weighted by Crippen LogP contribution is 2.01. The fraction of sp³-hybridized carbons (Fsp3) is 0.455. The van der Waals surface area contributed by atoms with Crippen LogP contribution in [0.25, 0.3) is 0 Å². The van der Waals surface area contributed by atoms with Gasteiger partial charge in [-0.05, 0) is 36.3 Å². The highest BCUT2D eigenvalue weighted by Gasteiger charge is 2.03. The molecular formula is C11H17N3S. The molecule has 0 aliphatic carbocycles. The average molecular weight is 223 g/mol. The third kappa shape index (κ3) is 4.25. The molecule has 1 rings (SSSR count). The van der Waals surface area contributed by atoms with E-state index < -0.39 is 0 Å². The Hall–Kier alpha value is -1.16. The molecule has 0 atom stereocenters. The second-order valence-electron chi connectivity index (χ2n) is 3.44. The Kier molecular flexibility index (Phi) is 5.04. The van der Waals surface area contributed by atoms with Gasteiger partial charge in [-0.1, -0.05) is 6.92 Å². The predicted octanol–water partition coefficient (Wildman–Crippen LogP) is 1.80. The van der Waals surface area contributed by atoms with Gasteiger partial charge < -0.3 is 10.2 Å². The summed E-state index contributed by atoms with van der Waals surface area (Å²) in [6.07, 6.45) is 4.68. The zero-order chi connectivity index (χ0) is 11.1. The van der Waals surface area contributed by atoms with Crippen molar-refractivity contribution in [2.24, 2.45) is 0 Å². The molecule has 0 bridgehead atoms. The van der Waals surface area contributed by atoms with Crippen LogP contribution in [0, 0.1) is 0 Å². The second-order valence-corrected chi connectivity index (χ2v) is 3.83. The molecule has 1 aromatic rings. The van der Waals surface area contributed by atoms with Gasteiger partial charge in [-0.2, -0.15) is 0 Å². The fourth-order valence-electron chi connectivity index (χ4n) is 1.20. The number of thiocarbonyl (C=S) groups is 1. The number of hydrogen-bond acceptors (Lipinski definition) is 2. The van der Waals surface area contributed by atoms with Crippen molar-refractivity contribution in [3.05, 3.63) is 30.1 Å². The topological polar surface area (TPSA) is 28.2 Å². The number of nitrogens with zero attached hydrogens (tertiary/aromatic N) is 2. The summed E-state index contributed by atoms with van der Waals surface area (Å²) in [6.45, 7) is 3.87. The van der Waals surface area contributed by atoms with Crippen molar-refractivity contribution in [3.63, 3.8) is 0 Å². The minimum atomic E-state index is 0.800. The van der Waals surface area contributed by atoms with E-state index in [9.17, 15) is 0 Å². The van der Waals surface area contributed by atoms with Gasteiger partial charge >= 0.3 is 0 Å². The van der Waals surface area contributed by atoms with Crippen LogP contribution in [0.3, 0.4) is 0 Å². The molecule has 1 heterocycles. The van der Waals surface area contributed by atoms with Crippen molar-refractivity contribution in [2.45, 2.75) is 19.9 Å². The van der Waals surface area contributed by atoms with E-state index in [0.29, 0.717) is 0 Å². The molecule has 0 amide bonds. The summed E-state index contributed by atoms with van der Waals surface area (Å²) in [5.41, 5.74) is 1.22. The highest BCUT2D eigenvalue weighted by atomic mass is 32.1. The number of pyridine rings is 1. The zero-order valence-electron chi connectivity index (χ0n) is 9.23. The van der Waals surface area contributed by atoms with E-state index in [0.717, 1.165) is 24.6 Å². The lowest BCUT2D eigenvalue weighted by Gasteiger charge is -2.20. The number of aromatic nitrogens is 1. The van der Waals surface area contributed by atoms with Crippen LogP contribution in [0.1, 0.15) is 18.9 Å². The third-order valence-corrected chi connectivity index (χ3v) is 2.50. The summed E-state index contributed by atoms with van der Waals surface area (Å²) in [4.78, 5) is 6.01. The Morgan fingerprint density at radius 2 is 2.13 bits per heavy atom.